The fourth-order valence-corrected chi connectivity index (χ4v) is 2.64. The van der Waals surface area contributed by atoms with Gasteiger partial charge in [-0.1, -0.05) is 0 Å². The Morgan fingerprint density at radius 1 is 1.41 bits per heavy atom. The first-order valence-electron chi connectivity index (χ1n) is 6.91. The fourth-order valence-electron chi connectivity index (χ4n) is 2.64. The quantitative estimate of drug-likeness (QED) is 0.940. The van der Waals surface area contributed by atoms with E-state index < -0.39 is 23.6 Å². The number of halogens is 2. The first kappa shape index (κ1) is 14.6. The summed E-state index contributed by atoms with van der Waals surface area (Å²) in [6.07, 6.45) is 2.85. The molecule has 7 heteroatoms. The topological polar surface area (TPSA) is 66.6 Å². The SMILES string of the molecule is O=C(O)C1CCCN1Cc1coc(-c2ccc(F)c(F)c2)n1. The summed E-state index contributed by atoms with van der Waals surface area (Å²) in [5.74, 6) is -2.57. The molecule has 0 bridgehead atoms. The summed E-state index contributed by atoms with van der Waals surface area (Å²) in [4.78, 5) is 17.2. The minimum atomic E-state index is -0.970. The van der Waals surface area contributed by atoms with E-state index in [-0.39, 0.29) is 5.89 Å². The molecule has 1 aliphatic rings. The van der Waals surface area contributed by atoms with Crippen molar-refractivity contribution in [3.05, 3.63) is 41.8 Å². The van der Waals surface area contributed by atoms with Crippen molar-refractivity contribution in [2.24, 2.45) is 0 Å². The average Bonchev–Trinajstić information content (AvgIpc) is 3.11. The molecule has 1 unspecified atom stereocenters. The maximum absolute atomic E-state index is 13.2. The number of carboxylic acids is 1. The average molecular weight is 308 g/mol. The minimum absolute atomic E-state index is 0.181. The number of hydrogen-bond acceptors (Lipinski definition) is 4. The monoisotopic (exact) mass is 308 g/mol. The molecule has 0 aliphatic carbocycles. The van der Waals surface area contributed by atoms with E-state index in [1.165, 1.54) is 12.3 Å². The predicted octanol–water partition coefficient (Wildman–Crippen LogP) is 2.67. The van der Waals surface area contributed by atoms with E-state index in [0.29, 0.717) is 30.8 Å². The number of carbonyl (C=O) groups is 1. The lowest BCUT2D eigenvalue weighted by molar-refractivity contribution is -0.142. The Morgan fingerprint density at radius 2 is 2.23 bits per heavy atom. The molecule has 22 heavy (non-hydrogen) atoms. The molecule has 1 fully saturated rings. The summed E-state index contributed by atoms with van der Waals surface area (Å²) in [5, 5.41) is 9.14. The van der Waals surface area contributed by atoms with Crippen LogP contribution in [0.25, 0.3) is 11.5 Å². The van der Waals surface area contributed by atoms with Gasteiger partial charge in [0.2, 0.25) is 5.89 Å². The van der Waals surface area contributed by atoms with E-state index in [0.717, 1.165) is 18.6 Å². The lowest BCUT2D eigenvalue weighted by atomic mass is 10.2. The number of benzene rings is 1. The van der Waals surface area contributed by atoms with E-state index in [1.807, 2.05) is 4.90 Å². The zero-order chi connectivity index (χ0) is 15.7. The zero-order valence-corrected chi connectivity index (χ0v) is 11.6. The normalized spacial score (nSPS) is 18.7. The van der Waals surface area contributed by atoms with Crippen molar-refractivity contribution in [2.45, 2.75) is 25.4 Å². The summed E-state index contributed by atoms with van der Waals surface area (Å²) in [6, 6.07) is 2.89. The molecule has 2 aromatic rings. The summed E-state index contributed by atoms with van der Waals surface area (Å²) in [6.45, 7) is 1.04. The highest BCUT2D eigenvalue weighted by Gasteiger charge is 2.30. The number of rotatable bonds is 4. The Labute approximate surface area is 125 Å². The Bertz CT molecular complexity index is 702. The van der Waals surface area contributed by atoms with Gasteiger partial charge in [0.1, 0.15) is 12.3 Å². The fraction of sp³-hybridized carbons (Fsp3) is 0.333. The molecule has 1 aromatic heterocycles. The second kappa shape index (κ2) is 5.84. The molecule has 1 aliphatic heterocycles. The number of hydrogen-bond donors (Lipinski definition) is 1. The number of aromatic nitrogens is 1. The highest BCUT2D eigenvalue weighted by molar-refractivity contribution is 5.73. The summed E-state index contributed by atoms with van der Waals surface area (Å²) in [7, 11) is 0. The molecule has 1 saturated heterocycles. The summed E-state index contributed by atoms with van der Waals surface area (Å²) < 4.78 is 31.4. The lowest BCUT2D eigenvalue weighted by Gasteiger charge is -2.19. The molecule has 0 radical (unpaired) electrons. The standard InChI is InChI=1S/C15H14F2N2O3/c16-11-4-3-9(6-12(11)17)14-18-10(8-22-14)7-19-5-1-2-13(19)15(20)21/h3-4,6,8,13H,1-2,5,7H2,(H,20,21). The first-order valence-corrected chi connectivity index (χ1v) is 6.91. The second-order valence-corrected chi connectivity index (χ2v) is 5.24. The zero-order valence-electron chi connectivity index (χ0n) is 11.6. The third-order valence-electron chi connectivity index (χ3n) is 3.73. The van der Waals surface area contributed by atoms with Gasteiger partial charge in [-0.15, -0.1) is 0 Å². The van der Waals surface area contributed by atoms with Crippen LogP contribution >= 0.6 is 0 Å². The first-order chi connectivity index (χ1) is 10.5. The number of carboxylic acid groups (broad SMARTS) is 1. The highest BCUT2D eigenvalue weighted by atomic mass is 19.2. The van der Waals surface area contributed by atoms with Crippen molar-refractivity contribution in [2.75, 3.05) is 6.54 Å². The van der Waals surface area contributed by atoms with Crippen molar-refractivity contribution >= 4 is 5.97 Å². The molecule has 0 saturated carbocycles. The van der Waals surface area contributed by atoms with E-state index in [2.05, 4.69) is 4.98 Å². The van der Waals surface area contributed by atoms with E-state index in [9.17, 15) is 13.6 Å². The molecule has 5 nitrogen and oxygen atoms in total. The predicted molar refractivity (Wildman–Crippen MR) is 72.9 cm³/mol. The van der Waals surface area contributed by atoms with Gasteiger partial charge in [0.05, 0.1) is 5.69 Å². The Balaban J connectivity index is 1.76. The number of oxazole rings is 1. The highest BCUT2D eigenvalue weighted by Crippen LogP contribution is 2.24. The third kappa shape index (κ3) is 2.85. The number of nitrogens with zero attached hydrogens (tertiary/aromatic N) is 2. The molecular weight excluding hydrogens is 294 g/mol. The third-order valence-corrected chi connectivity index (χ3v) is 3.73. The molecule has 0 spiro atoms. The maximum Gasteiger partial charge on any atom is 0.320 e. The number of likely N-dealkylation sites (tertiary alicyclic amines) is 1. The second-order valence-electron chi connectivity index (χ2n) is 5.24. The van der Waals surface area contributed by atoms with Gasteiger partial charge in [-0.25, -0.2) is 13.8 Å². The summed E-state index contributed by atoms with van der Waals surface area (Å²) in [5.41, 5.74) is 0.897. The van der Waals surface area contributed by atoms with Crippen LogP contribution in [0.3, 0.4) is 0 Å². The van der Waals surface area contributed by atoms with E-state index in [4.69, 9.17) is 9.52 Å². The van der Waals surface area contributed by atoms with Crippen LogP contribution < -0.4 is 0 Å². The summed E-state index contributed by atoms with van der Waals surface area (Å²) >= 11 is 0. The van der Waals surface area contributed by atoms with Gasteiger partial charge in [-0.05, 0) is 37.6 Å². The van der Waals surface area contributed by atoms with Crippen LogP contribution in [0.2, 0.25) is 0 Å². The molecular formula is C15H14F2N2O3. The van der Waals surface area contributed by atoms with Gasteiger partial charge in [0.25, 0.3) is 0 Å². The van der Waals surface area contributed by atoms with Crippen molar-refractivity contribution in [3.8, 4) is 11.5 Å². The molecule has 3 rings (SSSR count). The lowest BCUT2D eigenvalue weighted by Crippen LogP contribution is -2.35. The van der Waals surface area contributed by atoms with Crippen molar-refractivity contribution < 1.29 is 23.1 Å². The van der Waals surface area contributed by atoms with Crippen molar-refractivity contribution in [1.82, 2.24) is 9.88 Å². The van der Waals surface area contributed by atoms with Gasteiger partial charge >= 0.3 is 5.97 Å². The van der Waals surface area contributed by atoms with Crippen LogP contribution in [0.4, 0.5) is 8.78 Å². The molecule has 0 amide bonds. The maximum atomic E-state index is 13.2. The number of aliphatic carboxylic acids is 1. The molecule has 116 valence electrons. The van der Waals surface area contributed by atoms with E-state index >= 15 is 0 Å². The van der Waals surface area contributed by atoms with Gasteiger partial charge in [-0.2, -0.15) is 0 Å². The largest absolute Gasteiger partial charge is 0.480 e. The van der Waals surface area contributed by atoms with Gasteiger partial charge in [-0.3, -0.25) is 9.69 Å². The molecule has 1 aromatic carbocycles. The van der Waals surface area contributed by atoms with Gasteiger partial charge < -0.3 is 9.52 Å². The van der Waals surface area contributed by atoms with Crippen LogP contribution in [-0.2, 0) is 11.3 Å². The minimum Gasteiger partial charge on any atom is -0.480 e. The molecule has 1 N–H and O–H groups in total. The molecule has 2 heterocycles. The van der Waals surface area contributed by atoms with Crippen LogP contribution in [-0.4, -0.2) is 33.5 Å². The Morgan fingerprint density at radius 3 is 2.95 bits per heavy atom. The Kier molecular flexibility index (Phi) is 3.89. The van der Waals surface area contributed by atoms with Crippen molar-refractivity contribution in [1.29, 1.82) is 0 Å². The van der Waals surface area contributed by atoms with Gasteiger partial charge in [0.15, 0.2) is 11.6 Å². The Hall–Kier alpha value is -2.28. The van der Waals surface area contributed by atoms with E-state index in [1.54, 1.807) is 0 Å². The van der Waals surface area contributed by atoms with Gasteiger partial charge in [0, 0.05) is 12.1 Å². The van der Waals surface area contributed by atoms with Crippen LogP contribution in [0, 0.1) is 11.6 Å². The van der Waals surface area contributed by atoms with Crippen LogP contribution in [0.5, 0.6) is 0 Å². The van der Waals surface area contributed by atoms with Crippen LogP contribution in [0.15, 0.2) is 28.9 Å². The van der Waals surface area contributed by atoms with Crippen molar-refractivity contribution in [3.63, 3.8) is 0 Å². The van der Waals surface area contributed by atoms with Crippen LogP contribution in [0.1, 0.15) is 18.5 Å². The molecule has 1 atom stereocenters. The smallest absolute Gasteiger partial charge is 0.320 e.